The molecule has 4 rings (SSSR count). The predicted octanol–water partition coefficient (Wildman–Crippen LogP) is 3.41. The fourth-order valence-electron chi connectivity index (χ4n) is 4.05. The molecule has 10 heteroatoms. The van der Waals surface area contributed by atoms with Crippen molar-refractivity contribution < 1.29 is 4.79 Å². The fraction of sp³-hybridized carbons (Fsp3) is 0.400. The minimum absolute atomic E-state index is 0.0711. The molecule has 1 saturated carbocycles. The Kier molecular flexibility index (Phi) is 5.69. The third kappa shape index (κ3) is 3.89. The zero-order valence-electron chi connectivity index (χ0n) is 16.7. The number of benzene rings is 1. The summed E-state index contributed by atoms with van der Waals surface area (Å²) < 4.78 is 2.37. The van der Waals surface area contributed by atoms with Crippen LogP contribution in [0.1, 0.15) is 31.7 Å². The lowest BCUT2D eigenvalue weighted by Gasteiger charge is -2.22. The monoisotopic (exact) mass is 491 g/mol. The number of hydrogen-bond donors (Lipinski definition) is 3. The molecule has 0 radical (unpaired) electrons. The van der Waals surface area contributed by atoms with Gasteiger partial charge >= 0.3 is 0 Å². The molecule has 2 aromatic heterocycles. The van der Waals surface area contributed by atoms with E-state index in [2.05, 4.69) is 36.6 Å². The van der Waals surface area contributed by atoms with Crippen molar-refractivity contribution in [3.05, 3.63) is 39.6 Å². The van der Waals surface area contributed by atoms with Gasteiger partial charge in [0.1, 0.15) is 4.60 Å². The number of nitrogens with one attached hydrogen (secondary N) is 2. The van der Waals surface area contributed by atoms with Crippen molar-refractivity contribution in [2.45, 2.75) is 38.8 Å². The Morgan fingerprint density at radius 2 is 2.23 bits per heavy atom. The number of nitrogens with two attached hydrogens (primary N) is 1. The number of aromatic nitrogens is 4. The summed E-state index contributed by atoms with van der Waals surface area (Å²) in [7, 11) is 1.68. The Hall–Kier alpha value is -2.23. The highest BCUT2D eigenvalue weighted by Gasteiger charge is 2.40. The fourth-order valence-corrected chi connectivity index (χ4v) is 4.74. The van der Waals surface area contributed by atoms with Gasteiger partial charge in [-0.3, -0.25) is 4.79 Å². The SMILES string of the molecule is CNC(=O)[C@]1(C)CC[C@@H](Nc2ncc3c(Br)nn(-c4cc(Cl)cc(CN)c4)c3n2)C1. The second-order valence-corrected chi connectivity index (χ2v) is 9.07. The van der Waals surface area contributed by atoms with Crippen molar-refractivity contribution in [2.75, 3.05) is 12.4 Å². The molecule has 1 aliphatic rings. The van der Waals surface area contributed by atoms with Gasteiger partial charge in [0, 0.05) is 36.3 Å². The van der Waals surface area contributed by atoms with Crippen molar-refractivity contribution in [3.63, 3.8) is 0 Å². The highest BCUT2D eigenvalue weighted by Crippen LogP contribution is 2.39. The quantitative estimate of drug-likeness (QED) is 0.503. The van der Waals surface area contributed by atoms with Crippen molar-refractivity contribution in [1.82, 2.24) is 25.1 Å². The van der Waals surface area contributed by atoms with Gasteiger partial charge in [0.2, 0.25) is 11.9 Å². The number of rotatable bonds is 5. The van der Waals surface area contributed by atoms with Crippen LogP contribution in [0.4, 0.5) is 5.95 Å². The zero-order valence-corrected chi connectivity index (χ0v) is 19.1. The molecule has 3 aromatic rings. The number of halogens is 2. The summed E-state index contributed by atoms with van der Waals surface area (Å²) in [5.74, 6) is 0.574. The number of amides is 1. The van der Waals surface area contributed by atoms with Crippen LogP contribution in [0.3, 0.4) is 0 Å². The zero-order chi connectivity index (χ0) is 21.5. The van der Waals surface area contributed by atoms with Crippen molar-refractivity contribution in [3.8, 4) is 5.69 Å². The normalized spacial score (nSPS) is 21.2. The molecule has 1 amide bonds. The van der Waals surface area contributed by atoms with Crippen LogP contribution in [-0.2, 0) is 11.3 Å². The standard InChI is InChI=1S/C20H23BrClN7O/c1-20(18(30)24-2)4-3-13(8-20)26-19-25-10-15-16(21)28-29(17(15)27-19)14-6-11(9-23)5-12(22)7-14/h5-7,10,13H,3-4,8-9,23H2,1-2H3,(H,24,30)(H,25,26,27)/t13-,20-/m1/s1. The number of carbonyl (C=O) groups is 1. The number of nitrogens with zero attached hydrogens (tertiary/aromatic N) is 4. The Morgan fingerprint density at radius 1 is 1.43 bits per heavy atom. The first kappa shape index (κ1) is 21.0. The van der Waals surface area contributed by atoms with Gasteiger partial charge in [-0.15, -0.1) is 0 Å². The summed E-state index contributed by atoms with van der Waals surface area (Å²) in [5.41, 5.74) is 7.75. The van der Waals surface area contributed by atoms with E-state index in [0.29, 0.717) is 27.8 Å². The smallest absolute Gasteiger partial charge is 0.225 e. The van der Waals surface area contributed by atoms with E-state index in [1.165, 1.54) is 0 Å². The number of hydrogen-bond acceptors (Lipinski definition) is 6. The molecule has 2 atom stereocenters. The first-order valence-corrected chi connectivity index (χ1v) is 10.9. The van der Waals surface area contributed by atoms with E-state index in [1.807, 2.05) is 25.1 Å². The molecule has 0 spiro atoms. The maximum Gasteiger partial charge on any atom is 0.225 e. The van der Waals surface area contributed by atoms with Crippen LogP contribution in [0.15, 0.2) is 29.0 Å². The first-order chi connectivity index (χ1) is 14.3. The van der Waals surface area contributed by atoms with Gasteiger partial charge in [-0.05, 0) is 59.0 Å². The molecule has 1 aromatic carbocycles. The Labute approximate surface area is 187 Å². The van der Waals surface area contributed by atoms with E-state index in [1.54, 1.807) is 17.9 Å². The Bertz CT molecular complexity index is 1120. The Morgan fingerprint density at radius 3 is 2.97 bits per heavy atom. The summed E-state index contributed by atoms with van der Waals surface area (Å²) >= 11 is 9.75. The van der Waals surface area contributed by atoms with Gasteiger partial charge < -0.3 is 16.4 Å². The predicted molar refractivity (Wildman–Crippen MR) is 121 cm³/mol. The number of fused-ring (bicyclic) bond motifs is 1. The van der Waals surface area contributed by atoms with Crippen LogP contribution in [-0.4, -0.2) is 38.7 Å². The molecule has 8 nitrogen and oxygen atoms in total. The molecule has 158 valence electrons. The molecular formula is C20H23BrClN7O. The van der Waals surface area contributed by atoms with Crippen molar-refractivity contribution in [1.29, 1.82) is 0 Å². The number of anilines is 1. The van der Waals surface area contributed by atoms with Crippen LogP contribution >= 0.6 is 27.5 Å². The van der Waals surface area contributed by atoms with Gasteiger partial charge in [-0.1, -0.05) is 18.5 Å². The molecule has 2 heterocycles. The van der Waals surface area contributed by atoms with Crippen LogP contribution in [0.25, 0.3) is 16.7 Å². The highest BCUT2D eigenvalue weighted by molar-refractivity contribution is 9.10. The van der Waals surface area contributed by atoms with Crippen molar-refractivity contribution >= 4 is 50.4 Å². The minimum Gasteiger partial charge on any atom is -0.359 e. The minimum atomic E-state index is -0.374. The van der Waals surface area contributed by atoms with E-state index in [0.717, 1.165) is 35.9 Å². The van der Waals surface area contributed by atoms with Crippen LogP contribution in [0, 0.1) is 5.41 Å². The van der Waals surface area contributed by atoms with E-state index in [-0.39, 0.29) is 17.4 Å². The Balaban J connectivity index is 1.66. The highest BCUT2D eigenvalue weighted by atomic mass is 79.9. The second kappa shape index (κ2) is 8.13. The van der Waals surface area contributed by atoms with E-state index in [4.69, 9.17) is 22.3 Å². The van der Waals surface area contributed by atoms with E-state index < -0.39 is 0 Å². The molecule has 0 aliphatic heterocycles. The van der Waals surface area contributed by atoms with Gasteiger partial charge in [0.05, 0.1) is 11.1 Å². The summed E-state index contributed by atoms with van der Waals surface area (Å²) in [6, 6.07) is 5.71. The van der Waals surface area contributed by atoms with Crippen LogP contribution < -0.4 is 16.4 Å². The summed E-state index contributed by atoms with van der Waals surface area (Å²) in [6.07, 6.45) is 4.16. The lowest BCUT2D eigenvalue weighted by atomic mass is 9.87. The molecule has 1 aliphatic carbocycles. The molecule has 0 unspecified atom stereocenters. The molecule has 1 fully saturated rings. The average molecular weight is 493 g/mol. The third-order valence-electron chi connectivity index (χ3n) is 5.65. The van der Waals surface area contributed by atoms with Gasteiger partial charge in [0.25, 0.3) is 0 Å². The molecule has 0 bridgehead atoms. The van der Waals surface area contributed by atoms with Crippen LogP contribution in [0.2, 0.25) is 5.02 Å². The second-order valence-electron chi connectivity index (χ2n) is 7.88. The largest absolute Gasteiger partial charge is 0.359 e. The molecular weight excluding hydrogens is 470 g/mol. The molecule has 0 saturated heterocycles. The maximum absolute atomic E-state index is 12.2. The average Bonchev–Trinajstić information content (AvgIpc) is 3.27. The van der Waals surface area contributed by atoms with E-state index in [9.17, 15) is 4.79 Å². The maximum atomic E-state index is 12.2. The summed E-state index contributed by atoms with van der Waals surface area (Å²) in [4.78, 5) is 21.3. The third-order valence-corrected chi connectivity index (χ3v) is 6.46. The molecule has 4 N–H and O–H groups in total. The van der Waals surface area contributed by atoms with Crippen molar-refractivity contribution in [2.24, 2.45) is 11.1 Å². The summed E-state index contributed by atoms with van der Waals surface area (Å²) in [5, 5.41) is 12.1. The topological polar surface area (TPSA) is 111 Å². The summed E-state index contributed by atoms with van der Waals surface area (Å²) in [6.45, 7) is 2.37. The van der Waals surface area contributed by atoms with Gasteiger partial charge in [0.15, 0.2) is 5.65 Å². The molecule has 30 heavy (non-hydrogen) atoms. The van der Waals surface area contributed by atoms with Crippen LogP contribution in [0.5, 0.6) is 0 Å². The first-order valence-electron chi connectivity index (χ1n) is 9.73. The lowest BCUT2D eigenvalue weighted by Crippen LogP contribution is -2.35. The number of carbonyl (C=O) groups excluding carboxylic acids is 1. The van der Waals surface area contributed by atoms with Gasteiger partial charge in [-0.2, -0.15) is 10.1 Å². The van der Waals surface area contributed by atoms with E-state index >= 15 is 0 Å². The lowest BCUT2D eigenvalue weighted by molar-refractivity contribution is -0.129. The van der Waals surface area contributed by atoms with Gasteiger partial charge in [-0.25, -0.2) is 9.67 Å².